The van der Waals surface area contributed by atoms with E-state index in [9.17, 15) is 32.3 Å². The first kappa shape index (κ1) is 23.3. The van der Waals surface area contributed by atoms with Gasteiger partial charge in [-0.05, 0) is 39.9 Å². The van der Waals surface area contributed by atoms with Crippen LogP contribution in [-0.2, 0) is 22.1 Å². The minimum Gasteiger partial charge on any atom is -0.480 e. The number of benzene rings is 3. The van der Waals surface area contributed by atoms with Crippen LogP contribution in [0, 0.1) is 5.82 Å². The Hall–Kier alpha value is -3.88. The molecule has 0 unspecified atom stereocenters. The van der Waals surface area contributed by atoms with Crippen LogP contribution in [0.25, 0.3) is 11.1 Å². The largest absolute Gasteiger partial charge is 0.480 e. The van der Waals surface area contributed by atoms with Gasteiger partial charge in [0.1, 0.15) is 18.5 Å². The van der Waals surface area contributed by atoms with Gasteiger partial charge in [-0.2, -0.15) is 13.2 Å². The van der Waals surface area contributed by atoms with Crippen molar-refractivity contribution < 1.29 is 37.0 Å². The predicted molar refractivity (Wildman–Crippen MR) is 115 cm³/mol. The van der Waals surface area contributed by atoms with Crippen molar-refractivity contribution in [3.8, 4) is 11.1 Å². The third-order valence-corrected chi connectivity index (χ3v) is 5.71. The maximum Gasteiger partial charge on any atom is 0.419 e. The average molecular weight is 473 g/mol. The summed E-state index contributed by atoms with van der Waals surface area (Å²) in [6, 6.07) is 16.0. The monoisotopic (exact) mass is 473 g/mol. The van der Waals surface area contributed by atoms with Crippen LogP contribution >= 0.6 is 0 Å². The molecule has 176 valence electrons. The van der Waals surface area contributed by atoms with Crippen LogP contribution in [0.15, 0.2) is 66.7 Å². The number of carbonyl (C=O) groups is 2. The average Bonchev–Trinajstić information content (AvgIpc) is 3.10. The number of carboxylic acids is 1. The van der Waals surface area contributed by atoms with Gasteiger partial charge in [-0.1, -0.05) is 54.6 Å². The van der Waals surface area contributed by atoms with E-state index in [2.05, 4.69) is 5.32 Å². The fourth-order valence-corrected chi connectivity index (χ4v) is 4.13. The van der Waals surface area contributed by atoms with Crippen molar-refractivity contribution in [1.82, 2.24) is 5.32 Å². The zero-order valence-electron chi connectivity index (χ0n) is 17.6. The summed E-state index contributed by atoms with van der Waals surface area (Å²) < 4.78 is 57.3. The lowest BCUT2D eigenvalue weighted by Gasteiger charge is -2.18. The molecule has 0 saturated carbocycles. The van der Waals surface area contributed by atoms with E-state index in [-0.39, 0.29) is 18.1 Å². The second-order valence-corrected chi connectivity index (χ2v) is 7.88. The molecule has 0 aliphatic heterocycles. The molecule has 0 bridgehead atoms. The van der Waals surface area contributed by atoms with Crippen molar-refractivity contribution in [3.05, 3.63) is 94.8 Å². The molecule has 3 aromatic carbocycles. The standard InChI is InChI=1S/C25H19F4NO4/c26-21-11-14(9-10-20(21)25(27,28)29)12-22(23(31)32)30-24(33)34-13-19-17-7-3-1-5-15(17)16-6-2-4-8-18(16)19/h1-11,19,22H,12-13H2,(H,30,33)(H,31,32)/t22-/m0/s1. The number of amides is 1. The Kier molecular flexibility index (Phi) is 6.28. The molecule has 0 saturated heterocycles. The maximum absolute atomic E-state index is 13.8. The summed E-state index contributed by atoms with van der Waals surface area (Å²) in [6.45, 7) is -0.0406. The van der Waals surface area contributed by atoms with E-state index < -0.39 is 42.1 Å². The maximum atomic E-state index is 13.8. The molecular weight excluding hydrogens is 454 g/mol. The van der Waals surface area contributed by atoms with Gasteiger partial charge < -0.3 is 15.2 Å². The molecule has 34 heavy (non-hydrogen) atoms. The first-order valence-corrected chi connectivity index (χ1v) is 10.3. The van der Waals surface area contributed by atoms with Gasteiger partial charge in [-0.3, -0.25) is 0 Å². The predicted octanol–water partition coefficient (Wildman–Crippen LogP) is 5.38. The molecule has 9 heteroatoms. The fourth-order valence-electron chi connectivity index (χ4n) is 4.13. The molecule has 5 nitrogen and oxygen atoms in total. The molecule has 0 spiro atoms. The van der Waals surface area contributed by atoms with Crippen LogP contribution in [0.5, 0.6) is 0 Å². The molecule has 0 fully saturated rings. The number of hydrogen-bond donors (Lipinski definition) is 2. The first-order chi connectivity index (χ1) is 16.1. The zero-order valence-corrected chi connectivity index (χ0v) is 17.6. The smallest absolute Gasteiger partial charge is 0.419 e. The molecule has 0 heterocycles. The quantitative estimate of drug-likeness (QED) is 0.472. The van der Waals surface area contributed by atoms with E-state index in [0.29, 0.717) is 12.1 Å². The molecule has 1 aliphatic carbocycles. The summed E-state index contributed by atoms with van der Waals surface area (Å²) in [7, 11) is 0. The van der Waals surface area contributed by atoms with Crippen LogP contribution in [0.3, 0.4) is 0 Å². The first-order valence-electron chi connectivity index (χ1n) is 10.3. The number of fused-ring (bicyclic) bond motifs is 3. The number of carboxylic acid groups (broad SMARTS) is 1. The summed E-state index contributed by atoms with van der Waals surface area (Å²) in [5.41, 5.74) is 2.54. The minimum absolute atomic E-state index is 0.0168. The Labute approximate surface area is 192 Å². The van der Waals surface area contributed by atoms with Gasteiger partial charge in [0.05, 0.1) is 5.56 Å². The van der Waals surface area contributed by atoms with Crippen molar-refractivity contribution in [2.24, 2.45) is 0 Å². The molecular formula is C25H19F4NO4. The highest BCUT2D eigenvalue weighted by Crippen LogP contribution is 2.44. The normalized spacial score (nSPS) is 13.6. The second-order valence-electron chi connectivity index (χ2n) is 7.88. The molecule has 3 aromatic rings. The molecule has 0 aromatic heterocycles. The number of alkyl halides is 3. The van der Waals surface area contributed by atoms with E-state index in [1.54, 1.807) is 0 Å². The van der Waals surface area contributed by atoms with Gasteiger partial charge in [0.2, 0.25) is 0 Å². The number of hydrogen-bond acceptors (Lipinski definition) is 3. The fraction of sp³-hybridized carbons (Fsp3) is 0.200. The molecule has 2 N–H and O–H groups in total. The zero-order chi connectivity index (χ0) is 24.5. The summed E-state index contributed by atoms with van der Waals surface area (Å²) in [5.74, 6) is -3.19. The molecule has 4 rings (SSSR count). The van der Waals surface area contributed by atoms with E-state index >= 15 is 0 Å². The SMILES string of the molecule is O=C(N[C@@H](Cc1ccc(C(F)(F)F)c(F)c1)C(=O)O)OCC1c2ccccc2-c2ccccc21. The summed E-state index contributed by atoms with van der Waals surface area (Å²) >= 11 is 0. The lowest BCUT2D eigenvalue weighted by molar-refractivity contribution is -0.140. The van der Waals surface area contributed by atoms with Gasteiger partial charge in [0, 0.05) is 12.3 Å². The number of ether oxygens (including phenoxy) is 1. The Bertz CT molecular complexity index is 1200. The molecule has 1 aliphatic rings. The third kappa shape index (κ3) is 4.73. The van der Waals surface area contributed by atoms with Crippen LogP contribution in [0.4, 0.5) is 22.4 Å². The Morgan fingerprint density at radius 1 is 0.971 bits per heavy atom. The van der Waals surface area contributed by atoms with E-state index in [1.165, 1.54) is 0 Å². The van der Waals surface area contributed by atoms with Gasteiger partial charge in [-0.25, -0.2) is 14.0 Å². The van der Waals surface area contributed by atoms with Crippen molar-refractivity contribution in [1.29, 1.82) is 0 Å². The Balaban J connectivity index is 1.43. The number of carbonyl (C=O) groups excluding carboxylic acids is 1. The molecule has 1 amide bonds. The van der Waals surface area contributed by atoms with E-state index in [0.717, 1.165) is 28.3 Å². The van der Waals surface area contributed by atoms with Crippen molar-refractivity contribution in [2.75, 3.05) is 6.61 Å². The van der Waals surface area contributed by atoms with Crippen LogP contribution in [0.2, 0.25) is 0 Å². The van der Waals surface area contributed by atoms with Crippen molar-refractivity contribution in [3.63, 3.8) is 0 Å². The van der Waals surface area contributed by atoms with Gasteiger partial charge in [0.15, 0.2) is 0 Å². The topological polar surface area (TPSA) is 75.6 Å². The molecule has 1 atom stereocenters. The number of nitrogens with one attached hydrogen (secondary N) is 1. The van der Waals surface area contributed by atoms with Crippen LogP contribution in [0.1, 0.15) is 28.2 Å². The van der Waals surface area contributed by atoms with Gasteiger partial charge >= 0.3 is 18.2 Å². The van der Waals surface area contributed by atoms with E-state index in [4.69, 9.17) is 4.74 Å². The summed E-state index contributed by atoms with van der Waals surface area (Å²) in [4.78, 5) is 24.0. The Morgan fingerprint density at radius 2 is 1.56 bits per heavy atom. The third-order valence-electron chi connectivity index (χ3n) is 5.71. The summed E-state index contributed by atoms with van der Waals surface area (Å²) in [5, 5.41) is 11.6. The van der Waals surface area contributed by atoms with Crippen molar-refractivity contribution >= 4 is 12.1 Å². The van der Waals surface area contributed by atoms with E-state index in [1.807, 2.05) is 48.5 Å². The summed E-state index contributed by atoms with van der Waals surface area (Å²) in [6.07, 6.45) is -6.29. The number of aliphatic carboxylic acids is 1. The number of rotatable bonds is 6. The minimum atomic E-state index is -4.87. The lowest BCUT2D eigenvalue weighted by atomic mass is 9.98. The highest BCUT2D eigenvalue weighted by molar-refractivity contribution is 5.81. The van der Waals surface area contributed by atoms with Crippen molar-refractivity contribution in [2.45, 2.75) is 24.6 Å². The highest BCUT2D eigenvalue weighted by atomic mass is 19.4. The Morgan fingerprint density at radius 3 is 2.09 bits per heavy atom. The molecule has 0 radical (unpaired) electrons. The number of halogens is 4. The lowest BCUT2D eigenvalue weighted by Crippen LogP contribution is -2.43. The van der Waals surface area contributed by atoms with Crippen LogP contribution in [-0.4, -0.2) is 29.8 Å². The second kappa shape index (κ2) is 9.17. The van der Waals surface area contributed by atoms with Gasteiger partial charge in [0.25, 0.3) is 0 Å². The highest BCUT2D eigenvalue weighted by Gasteiger charge is 2.34. The van der Waals surface area contributed by atoms with Crippen LogP contribution < -0.4 is 5.32 Å². The number of alkyl carbamates (subject to hydrolysis) is 1. The van der Waals surface area contributed by atoms with Gasteiger partial charge in [-0.15, -0.1) is 0 Å².